The Labute approximate surface area is 138 Å². The van der Waals surface area contributed by atoms with Crippen molar-refractivity contribution in [2.24, 2.45) is 5.92 Å². The maximum atomic E-state index is 12.5. The standard InChI is InChI=1S/C18H25NO3S/c1-14-3-5-16(6-4-14)18(2)8-9-19(13-18)17(20)11-15-7-10-23(21,22)12-15/h3-6,15H,7-13H2,1-2H3. The average molecular weight is 335 g/mol. The Bertz CT molecular complexity index is 695. The zero-order valence-electron chi connectivity index (χ0n) is 13.9. The Kier molecular flexibility index (Phi) is 4.25. The van der Waals surface area contributed by atoms with Crippen LogP contribution in [0.4, 0.5) is 0 Å². The van der Waals surface area contributed by atoms with Crippen molar-refractivity contribution in [2.45, 2.75) is 38.5 Å². The molecule has 2 atom stereocenters. The second-order valence-corrected chi connectivity index (χ2v) is 9.69. The molecule has 0 N–H and O–H groups in total. The number of carbonyl (C=O) groups excluding carboxylic acids is 1. The van der Waals surface area contributed by atoms with Gasteiger partial charge in [-0.25, -0.2) is 8.42 Å². The number of sulfone groups is 1. The lowest BCUT2D eigenvalue weighted by atomic mass is 9.81. The van der Waals surface area contributed by atoms with Crippen LogP contribution in [0.15, 0.2) is 24.3 Å². The van der Waals surface area contributed by atoms with Crippen LogP contribution >= 0.6 is 0 Å². The highest BCUT2D eigenvalue weighted by Gasteiger charge is 2.38. The third kappa shape index (κ3) is 3.60. The van der Waals surface area contributed by atoms with Crippen molar-refractivity contribution in [3.8, 4) is 0 Å². The third-order valence-corrected chi connectivity index (χ3v) is 7.20. The fraction of sp³-hybridized carbons (Fsp3) is 0.611. The van der Waals surface area contributed by atoms with Crippen molar-refractivity contribution in [3.05, 3.63) is 35.4 Å². The first-order valence-electron chi connectivity index (χ1n) is 8.33. The van der Waals surface area contributed by atoms with Crippen molar-refractivity contribution < 1.29 is 13.2 Å². The maximum absolute atomic E-state index is 12.5. The lowest BCUT2D eigenvalue weighted by molar-refractivity contribution is -0.131. The van der Waals surface area contributed by atoms with Gasteiger partial charge in [0.05, 0.1) is 11.5 Å². The Morgan fingerprint density at radius 1 is 1.30 bits per heavy atom. The second kappa shape index (κ2) is 5.93. The fourth-order valence-corrected chi connectivity index (χ4v) is 5.64. The topological polar surface area (TPSA) is 54.5 Å². The van der Waals surface area contributed by atoms with Crippen LogP contribution < -0.4 is 0 Å². The SMILES string of the molecule is Cc1ccc(C2(C)CCN(C(=O)CC3CCS(=O)(=O)C3)C2)cc1. The molecule has 1 aromatic rings. The lowest BCUT2D eigenvalue weighted by Crippen LogP contribution is -2.34. The van der Waals surface area contributed by atoms with Gasteiger partial charge >= 0.3 is 0 Å². The first-order valence-corrected chi connectivity index (χ1v) is 10.1. The van der Waals surface area contributed by atoms with Gasteiger partial charge in [0.2, 0.25) is 5.91 Å². The fourth-order valence-electron chi connectivity index (χ4n) is 3.77. The van der Waals surface area contributed by atoms with E-state index in [0.717, 1.165) is 19.5 Å². The van der Waals surface area contributed by atoms with E-state index in [4.69, 9.17) is 0 Å². The van der Waals surface area contributed by atoms with Crippen LogP contribution in [0.5, 0.6) is 0 Å². The molecular formula is C18H25NO3S. The molecule has 0 spiro atoms. The second-order valence-electron chi connectivity index (χ2n) is 7.47. The van der Waals surface area contributed by atoms with Crippen molar-refractivity contribution in [2.75, 3.05) is 24.6 Å². The highest BCUT2D eigenvalue weighted by Crippen LogP contribution is 2.35. The Morgan fingerprint density at radius 2 is 2.00 bits per heavy atom. The summed E-state index contributed by atoms with van der Waals surface area (Å²) >= 11 is 0. The quantitative estimate of drug-likeness (QED) is 0.852. The van der Waals surface area contributed by atoms with Gasteiger partial charge in [-0.15, -0.1) is 0 Å². The molecule has 2 saturated heterocycles. The van der Waals surface area contributed by atoms with Gasteiger partial charge in [0, 0.05) is 24.9 Å². The summed E-state index contributed by atoms with van der Waals surface area (Å²) in [6, 6.07) is 8.56. The van der Waals surface area contributed by atoms with E-state index in [9.17, 15) is 13.2 Å². The molecule has 1 aromatic carbocycles. The number of aryl methyl sites for hydroxylation is 1. The molecule has 2 unspecified atom stereocenters. The van der Waals surface area contributed by atoms with E-state index < -0.39 is 9.84 Å². The number of hydrogen-bond acceptors (Lipinski definition) is 3. The van der Waals surface area contributed by atoms with Gasteiger partial charge < -0.3 is 4.90 Å². The van der Waals surface area contributed by atoms with Crippen molar-refractivity contribution in [3.63, 3.8) is 0 Å². The number of rotatable bonds is 3. The van der Waals surface area contributed by atoms with Crippen LogP contribution in [-0.4, -0.2) is 43.8 Å². The van der Waals surface area contributed by atoms with Gasteiger partial charge in [-0.05, 0) is 31.2 Å². The number of likely N-dealkylation sites (tertiary alicyclic amines) is 1. The van der Waals surface area contributed by atoms with Crippen LogP contribution in [0.2, 0.25) is 0 Å². The minimum Gasteiger partial charge on any atom is -0.342 e. The maximum Gasteiger partial charge on any atom is 0.222 e. The Hall–Kier alpha value is -1.36. The Balaban J connectivity index is 1.63. The van der Waals surface area contributed by atoms with Crippen LogP contribution in [0.3, 0.4) is 0 Å². The minimum absolute atomic E-state index is 0.00507. The first-order chi connectivity index (χ1) is 10.8. The largest absolute Gasteiger partial charge is 0.342 e. The van der Waals surface area contributed by atoms with Crippen molar-refractivity contribution >= 4 is 15.7 Å². The number of hydrogen-bond donors (Lipinski definition) is 0. The summed E-state index contributed by atoms with van der Waals surface area (Å²) in [5.41, 5.74) is 2.53. The van der Waals surface area contributed by atoms with Crippen LogP contribution in [0.25, 0.3) is 0 Å². The van der Waals surface area contributed by atoms with E-state index in [1.807, 2.05) is 4.90 Å². The highest BCUT2D eigenvalue weighted by atomic mass is 32.2. The van der Waals surface area contributed by atoms with Gasteiger partial charge in [0.25, 0.3) is 0 Å². The lowest BCUT2D eigenvalue weighted by Gasteiger charge is -2.26. The summed E-state index contributed by atoms with van der Waals surface area (Å²) in [4.78, 5) is 14.4. The van der Waals surface area contributed by atoms with Crippen LogP contribution in [0.1, 0.15) is 37.3 Å². The predicted octanol–water partition coefficient (Wildman–Crippen LogP) is 2.31. The molecule has 0 aliphatic carbocycles. The van der Waals surface area contributed by atoms with Gasteiger partial charge in [0.1, 0.15) is 0 Å². The molecule has 0 aromatic heterocycles. The average Bonchev–Trinajstić information content (AvgIpc) is 3.03. The molecule has 126 valence electrons. The highest BCUT2D eigenvalue weighted by molar-refractivity contribution is 7.91. The molecule has 23 heavy (non-hydrogen) atoms. The summed E-state index contributed by atoms with van der Waals surface area (Å²) < 4.78 is 23.1. The predicted molar refractivity (Wildman–Crippen MR) is 91.1 cm³/mol. The summed E-state index contributed by atoms with van der Waals surface area (Å²) in [7, 11) is -2.91. The first kappa shape index (κ1) is 16.5. The van der Waals surface area contributed by atoms with Crippen molar-refractivity contribution in [1.82, 2.24) is 4.90 Å². The zero-order chi connectivity index (χ0) is 16.7. The van der Waals surface area contributed by atoms with Crippen LogP contribution in [0, 0.1) is 12.8 Å². The molecule has 0 bridgehead atoms. The van der Waals surface area contributed by atoms with Crippen LogP contribution in [-0.2, 0) is 20.0 Å². The van der Waals surface area contributed by atoms with Gasteiger partial charge in [0.15, 0.2) is 9.84 Å². The molecular weight excluding hydrogens is 310 g/mol. The van der Waals surface area contributed by atoms with E-state index in [2.05, 4.69) is 38.1 Å². The van der Waals surface area contributed by atoms with E-state index in [-0.39, 0.29) is 28.7 Å². The molecule has 1 amide bonds. The summed E-state index contributed by atoms with van der Waals surface area (Å²) in [6.07, 6.45) is 1.98. The van der Waals surface area contributed by atoms with Gasteiger partial charge in [-0.3, -0.25) is 4.79 Å². The van der Waals surface area contributed by atoms with E-state index in [0.29, 0.717) is 12.8 Å². The third-order valence-electron chi connectivity index (χ3n) is 5.36. The summed E-state index contributed by atoms with van der Waals surface area (Å²) in [5, 5.41) is 0. The summed E-state index contributed by atoms with van der Waals surface area (Å²) in [6.45, 7) is 5.79. The number of benzene rings is 1. The molecule has 3 rings (SSSR count). The molecule has 0 radical (unpaired) electrons. The normalized spacial score (nSPS) is 29.8. The molecule has 4 nitrogen and oxygen atoms in total. The molecule has 2 aliphatic heterocycles. The van der Waals surface area contributed by atoms with E-state index in [1.54, 1.807) is 0 Å². The van der Waals surface area contributed by atoms with Gasteiger partial charge in [-0.2, -0.15) is 0 Å². The number of amides is 1. The number of carbonyl (C=O) groups is 1. The Morgan fingerprint density at radius 3 is 2.61 bits per heavy atom. The zero-order valence-corrected chi connectivity index (χ0v) is 14.7. The van der Waals surface area contributed by atoms with Crippen molar-refractivity contribution in [1.29, 1.82) is 0 Å². The van der Waals surface area contributed by atoms with E-state index in [1.165, 1.54) is 11.1 Å². The molecule has 0 saturated carbocycles. The molecule has 5 heteroatoms. The molecule has 2 fully saturated rings. The van der Waals surface area contributed by atoms with Gasteiger partial charge in [-0.1, -0.05) is 36.8 Å². The number of nitrogens with zero attached hydrogens (tertiary/aromatic N) is 1. The minimum atomic E-state index is -2.91. The smallest absolute Gasteiger partial charge is 0.222 e. The van der Waals surface area contributed by atoms with E-state index >= 15 is 0 Å². The monoisotopic (exact) mass is 335 g/mol. The molecule has 2 heterocycles. The molecule has 2 aliphatic rings. The summed E-state index contributed by atoms with van der Waals surface area (Å²) in [5.74, 6) is 0.551.